The average molecular weight is 283 g/mol. The zero-order valence-electron chi connectivity index (χ0n) is 7.09. The second-order valence-electron chi connectivity index (χ2n) is 2.99. The lowest BCUT2D eigenvalue weighted by Crippen LogP contribution is -2.32. The van der Waals surface area contributed by atoms with Gasteiger partial charge in [-0.2, -0.15) is 0 Å². The van der Waals surface area contributed by atoms with Crippen molar-refractivity contribution in [2.45, 2.75) is 19.3 Å². The van der Waals surface area contributed by atoms with Crippen LogP contribution in [0.1, 0.15) is 19.3 Å². The Morgan fingerprint density at radius 3 is 2.58 bits per heavy atom. The van der Waals surface area contributed by atoms with Gasteiger partial charge in [0.15, 0.2) is 0 Å². The molecule has 0 aromatic rings. The van der Waals surface area contributed by atoms with Gasteiger partial charge in [0.2, 0.25) is 0 Å². The number of hydrogen-bond acceptors (Lipinski definition) is 3. The second-order valence-corrected chi connectivity index (χ2v) is 3.87. The Balaban J connectivity index is 2.01. The molecule has 0 aromatic carbocycles. The molecule has 1 aliphatic heterocycles. The fourth-order valence-electron chi connectivity index (χ4n) is 1.44. The van der Waals surface area contributed by atoms with Gasteiger partial charge in [-0.05, 0) is 25.9 Å². The number of hydrogen-bond donors (Lipinski definition) is 0. The van der Waals surface area contributed by atoms with Crippen molar-refractivity contribution in [3.8, 4) is 0 Å². The first-order chi connectivity index (χ1) is 5.79. The maximum atomic E-state index is 10.4. The van der Waals surface area contributed by atoms with Gasteiger partial charge >= 0.3 is 3.98 Å². The van der Waals surface area contributed by atoms with Gasteiger partial charge in [0.05, 0.1) is 22.6 Å². The number of nitrogens with zero attached hydrogens (tertiary/aromatic N) is 1. The molecule has 1 saturated heterocycles. The number of rotatable bonds is 3. The molecule has 1 fully saturated rings. The quantitative estimate of drug-likeness (QED) is 0.586. The van der Waals surface area contributed by atoms with E-state index >= 15 is 0 Å². The van der Waals surface area contributed by atoms with Crippen LogP contribution in [0.25, 0.3) is 0 Å². The van der Waals surface area contributed by atoms with Gasteiger partial charge in [-0.25, -0.2) is 4.79 Å². The third kappa shape index (κ3) is 4.25. The van der Waals surface area contributed by atoms with Crippen LogP contribution in [-0.2, 0) is 4.74 Å². The average Bonchev–Trinajstić information content (AvgIpc) is 2.05. The summed E-state index contributed by atoms with van der Waals surface area (Å²) in [6.45, 7) is 3.77. The summed E-state index contributed by atoms with van der Waals surface area (Å²) in [5.41, 5.74) is 0. The van der Waals surface area contributed by atoms with Crippen LogP contribution in [0.4, 0.5) is 4.79 Å². The molecule has 1 aliphatic rings. The number of likely N-dealkylation sites (tertiary alicyclic amines) is 1. The van der Waals surface area contributed by atoms with Gasteiger partial charge in [-0.15, -0.1) is 0 Å². The van der Waals surface area contributed by atoms with Crippen molar-refractivity contribution in [3.63, 3.8) is 0 Å². The van der Waals surface area contributed by atoms with Gasteiger partial charge in [-0.1, -0.05) is 6.42 Å². The Morgan fingerprint density at radius 1 is 1.33 bits per heavy atom. The lowest BCUT2D eigenvalue weighted by molar-refractivity contribution is 0.143. The molecule has 12 heavy (non-hydrogen) atoms. The molecule has 0 amide bonds. The van der Waals surface area contributed by atoms with Gasteiger partial charge in [0.1, 0.15) is 6.61 Å². The molecule has 70 valence electrons. The lowest BCUT2D eigenvalue weighted by Gasteiger charge is -2.25. The summed E-state index contributed by atoms with van der Waals surface area (Å²) < 4.78 is 4.65. The summed E-state index contributed by atoms with van der Waals surface area (Å²) in [4.78, 5) is 12.8. The van der Waals surface area contributed by atoms with Crippen molar-refractivity contribution in [1.82, 2.24) is 4.90 Å². The van der Waals surface area contributed by atoms with E-state index in [0.29, 0.717) is 6.61 Å². The van der Waals surface area contributed by atoms with E-state index in [1.165, 1.54) is 32.4 Å². The third-order valence-electron chi connectivity index (χ3n) is 2.07. The molecule has 0 bridgehead atoms. The Bertz CT molecular complexity index is 146. The van der Waals surface area contributed by atoms with E-state index in [9.17, 15) is 4.79 Å². The van der Waals surface area contributed by atoms with Crippen molar-refractivity contribution in [1.29, 1.82) is 0 Å². The Morgan fingerprint density at radius 2 is 2.00 bits per heavy atom. The summed E-state index contributed by atoms with van der Waals surface area (Å²) in [6, 6.07) is 0. The van der Waals surface area contributed by atoms with Crippen LogP contribution >= 0.6 is 22.6 Å². The van der Waals surface area contributed by atoms with Crippen LogP contribution in [0.5, 0.6) is 0 Å². The maximum Gasteiger partial charge on any atom is 0.367 e. The first kappa shape index (κ1) is 10.2. The summed E-state index contributed by atoms with van der Waals surface area (Å²) in [7, 11) is 0. The lowest BCUT2D eigenvalue weighted by atomic mass is 10.1. The number of halogens is 1. The highest BCUT2D eigenvalue weighted by atomic mass is 127. The highest BCUT2D eigenvalue weighted by Gasteiger charge is 2.09. The molecule has 0 atom stereocenters. The fourth-order valence-corrected chi connectivity index (χ4v) is 1.66. The minimum absolute atomic E-state index is 0.204. The summed E-state index contributed by atoms with van der Waals surface area (Å²) in [5, 5.41) is 0. The monoisotopic (exact) mass is 283 g/mol. The molecule has 4 heteroatoms. The molecule has 0 aromatic heterocycles. The van der Waals surface area contributed by atoms with E-state index < -0.39 is 0 Å². The van der Waals surface area contributed by atoms with Crippen LogP contribution in [0.15, 0.2) is 0 Å². The van der Waals surface area contributed by atoms with Crippen molar-refractivity contribution in [2.75, 3.05) is 26.2 Å². The summed E-state index contributed by atoms with van der Waals surface area (Å²) in [6.07, 6.45) is 3.93. The summed E-state index contributed by atoms with van der Waals surface area (Å²) >= 11 is 1.66. The van der Waals surface area contributed by atoms with Gasteiger partial charge in [0, 0.05) is 6.54 Å². The molecule has 3 nitrogen and oxygen atoms in total. The molecule has 0 N–H and O–H groups in total. The van der Waals surface area contributed by atoms with Crippen LogP contribution in [0, 0.1) is 0 Å². The molecule has 1 rings (SSSR count). The van der Waals surface area contributed by atoms with E-state index in [0.717, 1.165) is 6.54 Å². The van der Waals surface area contributed by atoms with E-state index in [2.05, 4.69) is 4.90 Å². The van der Waals surface area contributed by atoms with Gasteiger partial charge in [0.25, 0.3) is 0 Å². The predicted octanol–water partition coefficient (Wildman–Crippen LogP) is 2.04. The Labute approximate surface area is 86.6 Å². The molecule has 0 unspecified atom stereocenters. The standard InChI is InChI=1S/C8H14INO2/c9-8(11)12-7-6-10-4-2-1-3-5-10/h1-7H2. The first-order valence-corrected chi connectivity index (χ1v) is 5.41. The fraction of sp³-hybridized carbons (Fsp3) is 0.875. The number of carbonyl (C=O) groups is 1. The van der Waals surface area contributed by atoms with Crippen molar-refractivity contribution in [3.05, 3.63) is 0 Å². The Kier molecular flexibility index (Phi) is 4.90. The van der Waals surface area contributed by atoms with E-state index in [-0.39, 0.29) is 3.98 Å². The Hall–Kier alpha value is 0.160. The van der Waals surface area contributed by atoms with Crippen LogP contribution in [-0.4, -0.2) is 35.1 Å². The molecule has 0 radical (unpaired) electrons. The smallest absolute Gasteiger partial charge is 0.367 e. The normalized spacial score (nSPS) is 19.1. The second kappa shape index (κ2) is 5.75. The predicted molar refractivity (Wildman–Crippen MR) is 55.7 cm³/mol. The van der Waals surface area contributed by atoms with Crippen molar-refractivity contribution >= 4 is 26.6 Å². The minimum Gasteiger partial charge on any atom is -0.457 e. The number of ether oxygens (including phenoxy) is 1. The topological polar surface area (TPSA) is 29.5 Å². The highest BCUT2D eigenvalue weighted by molar-refractivity contribution is 14.1. The van der Waals surface area contributed by atoms with E-state index in [1.54, 1.807) is 22.6 Å². The van der Waals surface area contributed by atoms with Crippen molar-refractivity contribution in [2.24, 2.45) is 0 Å². The minimum atomic E-state index is -0.204. The first-order valence-electron chi connectivity index (χ1n) is 4.33. The van der Waals surface area contributed by atoms with E-state index in [1.807, 2.05) is 0 Å². The van der Waals surface area contributed by atoms with E-state index in [4.69, 9.17) is 4.74 Å². The van der Waals surface area contributed by atoms with Crippen LogP contribution in [0.2, 0.25) is 0 Å². The maximum absolute atomic E-state index is 10.4. The molecule has 1 heterocycles. The summed E-state index contributed by atoms with van der Waals surface area (Å²) in [5.74, 6) is 0. The molecule has 0 aliphatic carbocycles. The van der Waals surface area contributed by atoms with Crippen LogP contribution in [0.3, 0.4) is 0 Å². The van der Waals surface area contributed by atoms with Gasteiger partial charge < -0.3 is 4.74 Å². The zero-order valence-corrected chi connectivity index (χ0v) is 9.25. The van der Waals surface area contributed by atoms with Crippen molar-refractivity contribution < 1.29 is 9.53 Å². The largest absolute Gasteiger partial charge is 0.457 e. The highest BCUT2D eigenvalue weighted by Crippen LogP contribution is 2.07. The molecular formula is C8H14INO2. The van der Waals surface area contributed by atoms with Gasteiger partial charge in [-0.3, -0.25) is 4.90 Å². The molecule has 0 spiro atoms. The van der Waals surface area contributed by atoms with Crippen LogP contribution < -0.4 is 0 Å². The number of piperidine rings is 1. The third-order valence-corrected chi connectivity index (χ3v) is 2.38. The molecule has 0 saturated carbocycles. The SMILES string of the molecule is O=C(I)OCCN1CCCCC1. The molecular weight excluding hydrogens is 269 g/mol. The zero-order chi connectivity index (χ0) is 8.81. The number of carbonyl (C=O) groups excluding carboxylic acids is 1.